The van der Waals surface area contributed by atoms with Gasteiger partial charge in [0.1, 0.15) is 30.2 Å². The van der Waals surface area contributed by atoms with Gasteiger partial charge >= 0.3 is 0 Å². The minimum absolute atomic E-state index is 0.377. The van der Waals surface area contributed by atoms with Crippen LogP contribution in [-0.4, -0.2) is 69.9 Å². The van der Waals surface area contributed by atoms with Gasteiger partial charge in [0.05, 0.1) is 12.3 Å². The van der Waals surface area contributed by atoms with Crippen LogP contribution in [0.1, 0.15) is 0 Å². The number of ether oxygens (including phenoxy) is 3. The van der Waals surface area contributed by atoms with Gasteiger partial charge < -0.3 is 40.0 Å². The Morgan fingerprint density at radius 1 is 1.13 bits per heavy atom. The van der Waals surface area contributed by atoms with Crippen LogP contribution in [0, 0.1) is 0 Å². The third-order valence-corrected chi connectivity index (χ3v) is 3.70. The van der Waals surface area contributed by atoms with Gasteiger partial charge in [-0.15, -0.1) is 0 Å². The predicted octanol–water partition coefficient (Wildman–Crippen LogP) is -1.84. The number of carbonyl (C=O) groups is 1. The Labute approximate surface area is 131 Å². The molecule has 5 N–H and O–H groups in total. The summed E-state index contributed by atoms with van der Waals surface area (Å²) in [5, 5.41) is 41.0. The van der Waals surface area contributed by atoms with Crippen LogP contribution in [0.15, 0.2) is 24.3 Å². The fourth-order valence-electron chi connectivity index (χ4n) is 2.42. The van der Waals surface area contributed by atoms with Crippen LogP contribution in [0.5, 0.6) is 5.75 Å². The van der Waals surface area contributed by atoms with Crippen molar-refractivity contribution < 1.29 is 39.4 Å². The monoisotopic (exact) mass is 327 g/mol. The highest BCUT2D eigenvalue weighted by molar-refractivity contribution is 5.96. The zero-order valence-corrected chi connectivity index (χ0v) is 11.9. The first kappa shape index (κ1) is 16.1. The molecular formula is C14H17NO8. The van der Waals surface area contributed by atoms with Gasteiger partial charge in [-0.05, 0) is 12.1 Å². The first-order valence-electron chi connectivity index (χ1n) is 7.04. The van der Waals surface area contributed by atoms with Crippen LogP contribution in [0.3, 0.4) is 0 Å². The fourth-order valence-corrected chi connectivity index (χ4v) is 2.42. The Balaban J connectivity index is 1.72. The largest absolute Gasteiger partial charge is 0.453 e. The van der Waals surface area contributed by atoms with Crippen molar-refractivity contribution in [3.63, 3.8) is 0 Å². The third-order valence-electron chi connectivity index (χ3n) is 3.70. The van der Waals surface area contributed by atoms with E-state index in [1.54, 1.807) is 24.3 Å². The number of aliphatic hydroxyl groups is 4. The number of amides is 1. The summed E-state index contributed by atoms with van der Waals surface area (Å²) in [4.78, 5) is 12.0. The van der Waals surface area contributed by atoms with Crippen LogP contribution in [0.25, 0.3) is 0 Å². The molecule has 9 nitrogen and oxygen atoms in total. The zero-order chi connectivity index (χ0) is 16.6. The van der Waals surface area contributed by atoms with Gasteiger partial charge in [-0.1, -0.05) is 12.1 Å². The number of carbonyl (C=O) groups excluding carboxylic acids is 1. The molecule has 0 spiro atoms. The molecule has 9 heteroatoms. The van der Waals surface area contributed by atoms with Crippen LogP contribution in [-0.2, 0) is 14.3 Å². The van der Waals surface area contributed by atoms with Crippen molar-refractivity contribution in [3.8, 4) is 5.75 Å². The molecule has 0 aliphatic carbocycles. The average Bonchev–Trinajstić information content (AvgIpc) is 2.56. The maximum atomic E-state index is 12.0. The maximum Gasteiger partial charge on any atom is 0.294 e. The van der Waals surface area contributed by atoms with Crippen LogP contribution in [0.4, 0.5) is 5.69 Å². The van der Waals surface area contributed by atoms with Crippen molar-refractivity contribution in [1.29, 1.82) is 0 Å². The molecule has 0 aromatic heterocycles. The Morgan fingerprint density at radius 3 is 2.61 bits per heavy atom. The van der Waals surface area contributed by atoms with Gasteiger partial charge in [-0.25, -0.2) is 0 Å². The lowest BCUT2D eigenvalue weighted by Gasteiger charge is -2.40. The molecule has 1 saturated heterocycles. The van der Waals surface area contributed by atoms with E-state index in [2.05, 4.69) is 5.32 Å². The quantitative estimate of drug-likeness (QED) is 0.437. The van der Waals surface area contributed by atoms with Crippen LogP contribution >= 0.6 is 0 Å². The zero-order valence-electron chi connectivity index (χ0n) is 11.9. The summed E-state index contributed by atoms with van der Waals surface area (Å²) >= 11 is 0. The summed E-state index contributed by atoms with van der Waals surface area (Å²) in [6, 6.07) is 6.71. The fraction of sp³-hybridized carbons (Fsp3) is 0.500. The van der Waals surface area contributed by atoms with E-state index in [4.69, 9.17) is 19.3 Å². The normalized spacial score (nSPS) is 36.8. The number of anilines is 1. The van der Waals surface area contributed by atoms with E-state index in [1.807, 2.05) is 0 Å². The molecule has 2 aliphatic heterocycles. The molecule has 2 unspecified atom stereocenters. The van der Waals surface area contributed by atoms with Crippen LogP contribution < -0.4 is 10.1 Å². The van der Waals surface area contributed by atoms with Gasteiger partial charge in [-0.3, -0.25) is 4.79 Å². The van der Waals surface area contributed by atoms with Gasteiger partial charge in [0, 0.05) is 0 Å². The number of fused-ring (bicyclic) bond motifs is 1. The number of para-hydroxylation sites is 2. The molecular weight excluding hydrogens is 310 g/mol. The summed E-state index contributed by atoms with van der Waals surface area (Å²) < 4.78 is 15.8. The molecule has 2 heterocycles. The molecule has 23 heavy (non-hydrogen) atoms. The minimum Gasteiger partial charge on any atom is -0.453 e. The molecule has 0 bridgehead atoms. The van der Waals surface area contributed by atoms with Gasteiger partial charge in [0.2, 0.25) is 0 Å². The SMILES string of the molecule is O=C1Nc2ccccc2OC1OC1O[C@H](CO)[C@@H](O)[C@H](O)[C@H]1O. The molecule has 1 fully saturated rings. The highest BCUT2D eigenvalue weighted by Crippen LogP contribution is 2.31. The van der Waals surface area contributed by atoms with E-state index < -0.39 is 49.5 Å². The van der Waals surface area contributed by atoms with Crippen LogP contribution in [0.2, 0.25) is 0 Å². The molecule has 1 aromatic carbocycles. The third kappa shape index (κ3) is 3.02. The second-order valence-electron chi connectivity index (χ2n) is 5.27. The molecule has 1 aromatic rings. The average molecular weight is 327 g/mol. The van der Waals surface area contributed by atoms with Crippen molar-refractivity contribution >= 4 is 11.6 Å². The van der Waals surface area contributed by atoms with Crippen molar-refractivity contribution in [2.75, 3.05) is 11.9 Å². The van der Waals surface area contributed by atoms with Gasteiger partial charge in [-0.2, -0.15) is 0 Å². The second kappa shape index (κ2) is 6.40. The molecule has 6 atom stereocenters. The maximum absolute atomic E-state index is 12.0. The van der Waals surface area contributed by atoms with Crippen molar-refractivity contribution in [2.24, 2.45) is 0 Å². The smallest absolute Gasteiger partial charge is 0.294 e. The Hall–Kier alpha value is -1.75. The first-order chi connectivity index (χ1) is 11.0. The highest BCUT2D eigenvalue weighted by Gasteiger charge is 2.46. The first-order valence-corrected chi connectivity index (χ1v) is 7.04. The van der Waals surface area contributed by atoms with Crippen molar-refractivity contribution in [3.05, 3.63) is 24.3 Å². The predicted molar refractivity (Wildman–Crippen MR) is 74.3 cm³/mol. The van der Waals surface area contributed by atoms with E-state index in [0.29, 0.717) is 11.4 Å². The Bertz CT molecular complexity index is 580. The summed E-state index contributed by atoms with van der Waals surface area (Å²) in [7, 11) is 0. The molecule has 0 saturated carbocycles. The van der Waals surface area contributed by atoms with E-state index in [9.17, 15) is 20.1 Å². The highest BCUT2D eigenvalue weighted by atomic mass is 16.8. The summed E-state index contributed by atoms with van der Waals surface area (Å²) in [6.45, 7) is -0.592. The summed E-state index contributed by atoms with van der Waals surface area (Å²) in [5.41, 5.74) is 0.478. The van der Waals surface area contributed by atoms with Gasteiger partial charge in [0.25, 0.3) is 12.2 Å². The Morgan fingerprint density at radius 2 is 1.87 bits per heavy atom. The van der Waals surface area contributed by atoms with E-state index in [1.165, 1.54) is 0 Å². The number of hydrogen-bond acceptors (Lipinski definition) is 8. The number of nitrogens with one attached hydrogen (secondary N) is 1. The number of aliphatic hydroxyl groups excluding tert-OH is 4. The standard InChI is InChI=1S/C14H17NO8/c16-5-8-9(17)10(18)11(19)13(22-8)23-14-12(20)15-6-3-1-2-4-7(6)21-14/h1-4,8-11,13-14,16-19H,5H2,(H,15,20)/t8-,9-,10+,11-,13?,14?/m1/s1. The Kier molecular flexibility index (Phi) is 4.48. The lowest BCUT2D eigenvalue weighted by molar-refractivity contribution is -0.322. The summed E-state index contributed by atoms with van der Waals surface area (Å²) in [6.07, 6.45) is -8.70. The number of hydrogen-bond donors (Lipinski definition) is 5. The van der Waals surface area contributed by atoms with E-state index in [0.717, 1.165) is 0 Å². The van der Waals surface area contributed by atoms with Crippen molar-refractivity contribution in [1.82, 2.24) is 0 Å². The second-order valence-corrected chi connectivity index (χ2v) is 5.27. The van der Waals surface area contributed by atoms with E-state index >= 15 is 0 Å². The lowest BCUT2D eigenvalue weighted by Crippen LogP contribution is -2.60. The molecule has 3 rings (SSSR count). The molecule has 0 radical (unpaired) electrons. The van der Waals surface area contributed by atoms with Gasteiger partial charge in [0.15, 0.2) is 6.29 Å². The lowest BCUT2D eigenvalue weighted by atomic mass is 9.99. The number of benzene rings is 1. The minimum atomic E-state index is -1.61. The molecule has 126 valence electrons. The summed E-state index contributed by atoms with van der Waals surface area (Å²) in [5.74, 6) is -0.234. The molecule has 2 aliphatic rings. The number of rotatable bonds is 3. The van der Waals surface area contributed by atoms with E-state index in [-0.39, 0.29) is 0 Å². The van der Waals surface area contributed by atoms with Crippen molar-refractivity contribution in [2.45, 2.75) is 37.0 Å². The molecule has 1 amide bonds. The topological polar surface area (TPSA) is 138 Å².